The molecule has 0 saturated carbocycles. The highest BCUT2D eigenvalue weighted by Gasteiger charge is 2.21. The normalized spacial score (nSPS) is 17.6. The summed E-state index contributed by atoms with van der Waals surface area (Å²) in [6, 6.07) is 8.63. The van der Waals surface area contributed by atoms with Gasteiger partial charge in [-0.3, -0.25) is 4.79 Å². The Morgan fingerprint density at radius 1 is 1.40 bits per heavy atom. The number of nitrogens with one attached hydrogen (secondary N) is 2. The Morgan fingerprint density at radius 2 is 2.15 bits per heavy atom. The Bertz CT molecular complexity index is 405. The molecule has 2 N–H and O–H groups in total. The molecule has 1 aliphatic rings. The van der Waals surface area contributed by atoms with E-state index in [0.29, 0.717) is 0 Å². The fourth-order valence-corrected chi connectivity index (χ4v) is 2.96. The van der Waals surface area contributed by atoms with E-state index in [1.54, 1.807) is 0 Å². The van der Waals surface area contributed by atoms with Gasteiger partial charge in [-0.25, -0.2) is 0 Å². The number of benzene rings is 1. The maximum Gasteiger partial charge on any atom is 0.224 e. The van der Waals surface area contributed by atoms with Gasteiger partial charge < -0.3 is 10.6 Å². The van der Waals surface area contributed by atoms with Gasteiger partial charge in [0.2, 0.25) is 5.91 Å². The van der Waals surface area contributed by atoms with Gasteiger partial charge in [-0.1, -0.05) is 29.8 Å². The summed E-state index contributed by atoms with van der Waals surface area (Å²) in [4.78, 5) is 11.8. The van der Waals surface area contributed by atoms with Gasteiger partial charge in [0.15, 0.2) is 0 Å². The molecule has 1 aliphatic heterocycles. The highest BCUT2D eigenvalue weighted by atomic mass is 35.5. The van der Waals surface area contributed by atoms with Crippen LogP contribution < -0.4 is 10.6 Å². The molecule has 0 bridgehead atoms. The van der Waals surface area contributed by atoms with Crippen LogP contribution in [0.5, 0.6) is 0 Å². The SMILES string of the molecule is Cc1ccc(CSCCNC(=O)C2CCNC2)cc1.Cl. The molecule has 0 aliphatic carbocycles. The van der Waals surface area contributed by atoms with E-state index < -0.39 is 0 Å². The first-order chi connectivity index (χ1) is 9.25. The molecule has 1 aromatic carbocycles. The van der Waals surface area contributed by atoms with Crippen molar-refractivity contribution >= 4 is 30.1 Å². The van der Waals surface area contributed by atoms with E-state index in [9.17, 15) is 4.79 Å². The third-order valence-corrected chi connectivity index (χ3v) is 4.40. The van der Waals surface area contributed by atoms with Gasteiger partial charge in [0, 0.05) is 24.6 Å². The smallest absolute Gasteiger partial charge is 0.224 e. The molecule has 0 radical (unpaired) electrons. The monoisotopic (exact) mass is 314 g/mol. The van der Waals surface area contributed by atoms with Gasteiger partial charge in [0.1, 0.15) is 0 Å². The third kappa shape index (κ3) is 5.73. The third-order valence-electron chi connectivity index (χ3n) is 3.37. The lowest BCUT2D eigenvalue weighted by Gasteiger charge is -2.09. The highest BCUT2D eigenvalue weighted by molar-refractivity contribution is 7.98. The average molecular weight is 315 g/mol. The van der Waals surface area contributed by atoms with Crippen LogP contribution in [0.15, 0.2) is 24.3 Å². The van der Waals surface area contributed by atoms with E-state index in [1.165, 1.54) is 11.1 Å². The molecule has 1 unspecified atom stereocenters. The maximum atomic E-state index is 11.8. The Balaban J connectivity index is 0.00000200. The van der Waals surface area contributed by atoms with Crippen molar-refractivity contribution in [3.63, 3.8) is 0 Å². The molecule has 20 heavy (non-hydrogen) atoms. The van der Waals surface area contributed by atoms with Crippen LogP contribution in [0.1, 0.15) is 17.5 Å². The molecule has 3 nitrogen and oxygen atoms in total. The van der Waals surface area contributed by atoms with Crippen LogP contribution >= 0.6 is 24.2 Å². The minimum Gasteiger partial charge on any atom is -0.355 e. The summed E-state index contributed by atoms with van der Waals surface area (Å²) in [7, 11) is 0. The topological polar surface area (TPSA) is 41.1 Å². The van der Waals surface area contributed by atoms with Gasteiger partial charge in [0.05, 0.1) is 5.92 Å². The van der Waals surface area contributed by atoms with E-state index in [4.69, 9.17) is 0 Å². The predicted molar refractivity (Wildman–Crippen MR) is 88.6 cm³/mol. The van der Waals surface area contributed by atoms with Crippen molar-refractivity contribution in [2.24, 2.45) is 5.92 Å². The first kappa shape index (κ1) is 17.3. The lowest BCUT2D eigenvalue weighted by molar-refractivity contribution is -0.124. The van der Waals surface area contributed by atoms with E-state index in [2.05, 4.69) is 41.8 Å². The molecular formula is C15H23ClN2OS. The van der Waals surface area contributed by atoms with Gasteiger partial charge in [-0.15, -0.1) is 12.4 Å². The number of rotatable bonds is 6. The van der Waals surface area contributed by atoms with Gasteiger partial charge in [-0.05, 0) is 25.5 Å². The largest absolute Gasteiger partial charge is 0.355 e. The molecular weight excluding hydrogens is 292 g/mol. The second kappa shape index (κ2) is 9.27. The molecule has 0 spiro atoms. The van der Waals surface area contributed by atoms with Crippen molar-refractivity contribution in [3.05, 3.63) is 35.4 Å². The van der Waals surface area contributed by atoms with E-state index in [-0.39, 0.29) is 24.2 Å². The van der Waals surface area contributed by atoms with Crippen molar-refractivity contribution in [1.29, 1.82) is 0 Å². The molecule has 1 heterocycles. The molecule has 5 heteroatoms. The number of thioether (sulfide) groups is 1. The van der Waals surface area contributed by atoms with Crippen LogP contribution in [0.25, 0.3) is 0 Å². The number of carbonyl (C=O) groups is 1. The van der Waals surface area contributed by atoms with E-state index >= 15 is 0 Å². The number of carbonyl (C=O) groups excluding carboxylic acids is 1. The number of aryl methyl sites for hydroxylation is 1. The summed E-state index contributed by atoms with van der Waals surface area (Å²) in [6.07, 6.45) is 0.975. The van der Waals surface area contributed by atoms with Crippen molar-refractivity contribution in [1.82, 2.24) is 10.6 Å². The Morgan fingerprint density at radius 3 is 2.80 bits per heavy atom. The van der Waals surface area contributed by atoms with Gasteiger partial charge in [0.25, 0.3) is 0 Å². The van der Waals surface area contributed by atoms with Crippen molar-refractivity contribution in [2.75, 3.05) is 25.4 Å². The Kier molecular flexibility index (Phi) is 8.04. The molecule has 0 aromatic heterocycles. The molecule has 1 amide bonds. The number of amides is 1. The molecule has 2 rings (SSSR count). The molecule has 1 aromatic rings. The van der Waals surface area contributed by atoms with Gasteiger partial charge in [-0.2, -0.15) is 11.8 Å². The van der Waals surface area contributed by atoms with Crippen molar-refractivity contribution in [2.45, 2.75) is 19.1 Å². The van der Waals surface area contributed by atoms with E-state index in [1.807, 2.05) is 11.8 Å². The van der Waals surface area contributed by atoms with Crippen LogP contribution in [0.3, 0.4) is 0 Å². The summed E-state index contributed by atoms with van der Waals surface area (Å²) >= 11 is 1.87. The second-order valence-corrected chi connectivity index (χ2v) is 6.12. The molecule has 1 fully saturated rings. The van der Waals surface area contributed by atoms with E-state index in [0.717, 1.165) is 37.6 Å². The zero-order valence-corrected chi connectivity index (χ0v) is 13.5. The lowest BCUT2D eigenvalue weighted by Crippen LogP contribution is -2.33. The quantitative estimate of drug-likeness (QED) is 0.792. The van der Waals surface area contributed by atoms with Crippen LogP contribution in [0, 0.1) is 12.8 Å². The predicted octanol–water partition coefficient (Wildman–Crippen LogP) is 2.38. The summed E-state index contributed by atoms with van der Waals surface area (Å²) in [5.74, 6) is 2.38. The molecule has 1 atom stereocenters. The standard InChI is InChI=1S/C15H22N2OS.ClH/c1-12-2-4-13(5-3-12)11-19-9-8-17-15(18)14-6-7-16-10-14;/h2-5,14,16H,6-11H2,1H3,(H,17,18);1H. The second-order valence-electron chi connectivity index (χ2n) is 5.02. The zero-order chi connectivity index (χ0) is 13.5. The first-order valence-electron chi connectivity index (χ1n) is 6.87. The summed E-state index contributed by atoms with van der Waals surface area (Å²) in [5, 5.41) is 6.24. The van der Waals surface area contributed by atoms with Crippen molar-refractivity contribution < 1.29 is 4.79 Å². The minimum atomic E-state index is 0. The summed E-state index contributed by atoms with van der Waals surface area (Å²) in [5.41, 5.74) is 2.65. The molecule has 1 saturated heterocycles. The fraction of sp³-hybridized carbons (Fsp3) is 0.533. The number of hydrogen-bond donors (Lipinski definition) is 2. The number of hydrogen-bond acceptors (Lipinski definition) is 3. The zero-order valence-electron chi connectivity index (χ0n) is 11.9. The van der Waals surface area contributed by atoms with Crippen molar-refractivity contribution in [3.8, 4) is 0 Å². The van der Waals surface area contributed by atoms with Crippen LogP contribution in [-0.2, 0) is 10.5 Å². The van der Waals surface area contributed by atoms with Gasteiger partial charge >= 0.3 is 0 Å². The highest BCUT2D eigenvalue weighted by Crippen LogP contribution is 2.12. The fourth-order valence-electron chi connectivity index (χ4n) is 2.14. The van der Waals surface area contributed by atoms with Crippen LogP contribution in [-0.4, -0.2) is 31.3 Å². The Labute approximate surface area is 131 Å². The minimum absolute atomic E-state index is 0. The average Bonchev–Trinajstić information content (AvgIpc) is 2.94. The summed E-state index contributed by atoms with van der Waals surface area (Å²) in [6.45, 7) is 4.68. The Hall–Kier alpha value is -0.710. The lowest BCUT2D eigenvalue weighted by atomic mass is 10.1. The number of halogens is 1. The first-order valence-corrected chi connectivity index (χ1v) is 8.03. The molecule has 112 valence electrons. The van der Waals surface area contributed by atoms with Crippen LogP contribution in [0.2, 0.25) is 0 Å². The summed E-state index contributed by atoms with van der Waals surface area (Å²) < 4.78 is 0. The maximum absolute atomic E-state index is 11.8. The van der Waals surface area contributed by atoms with Crippen LogP contribution in [0.4, 0.5) is 0 Å².